The van der Waals surface area contributed by atoms with Gasteiger partial charge in [-0.05, 0) is 17.7 Å². The molecule has 0 amide bonds. The van der Waals surface area contributed by atoms with Gasteiger partial charge in [0.1, 0.15) is 0 Å². The molecule has 18 heavy (non-hydrogen) atoms. The van der Waals surface area contributed by atoms with Crippen LogP contribution in [0, 0.1) is 0 Å². The third-order valence-electron chi connectivity index (χ3n) is 2.46. The molecule has 0 aliphatic rings. The van der Waals surface area contributed by atoms with Crippen LogP contribution in [0.2, 0.25) is 0 Å². The van der Waals surface area contributed by atoms with Crippen LogP contribution in [0.5, 0.6) is 5.75 Å². The minimum atomic E-state index is -1.08. The van der Waals surface area contributed by atoms with Crippen molar-refractivity contribution in [1.29, 1.82) is 0 Å². The second kappa shape index (κ2) is 5.82. The maximum absolute atomic E-state index is 10.9. The lowest BCUT2D eigenvalue weighted by Gasteiger charge is -2.07. The van der Waals surface area contributed by atoms with Crippen molar-refractivity contribution < 1.29 is 14.6 Å². The number of hydrogen-bond donors (Lipinski definition) is 1. The third-order valence-corrected chi connectivity index (χ3v) is 2.46. The van der Waals surface area contributed by atoms with Gasteiger partial charge in [0, 0.05) is 12.6 Å². The molecular weight excluding hydrogens is 230 g/mol. The van der Waals surface area contributed by atoms with Gasteiger partial charge in [-0.1, -0.05) is 30.3 Å². The van der Waals surface area contributed by atoms with E-state index in [1.807, 2.05) is 30.3 Å². The average Bonchev–Trinajstić information content (AvgIpc) is 2.40. The standard InChI is InChI=1S/C14H13NO3/c16-14(17)13-12(7-4-9-15-13)18-10-8-11-5-2-1-3-6-11/h1-7,9H,8,10H2,(H,16,17). The van der Waals surface area contributed by atoms with Crippen LogP contribution in [-0.2, 0) is 6.42 Å². The maximum atomic E-state index is 10.9. The fourth-order valence-corrected chi connectivity index (χ4v) is 1.59. The summed E-state index contributed by atoms with van der Waals surface area (Å²) in [5, 5.41) is 8.94. The third kappa shape index (κ3) is 3.07. The first-order chi connectivity index (χ1) is 8.77. The highest BCUT2D eigenvalue weighted by molar-refractivity contribution is 5.88. The molecular formula is C14H13NO3. The molecule has 0 aliphatic heterocycles. The van der Waals surface area contributed by atoms with Gasteiger partial charge < -0.3 is 9.84 Å². The van der Waals surface area contributed by atoms with Crippen LogP contribution in [-0.4, -0.2) is 22.7 Å². The molecule has 0 saturated heterocycles. The SMILES string of the molecule is O=C(O)c1ncccc1OCCc1ccccc1. The molecule has 0 aliphatic carbocycles. The predicted molar refractivity (Wildman–Crippen MR) is 66.8 cm³/mol. The Kier molecular flexibility index (Phi) is 3.91. The van der Waals surface area contributed by atoms with Gasteiger partial charge in [-0.2, -0.15) is 0 Å². The van der Waals surface area contributed by atoms with Crippen molar-refractivity contribution in [2.75, 3.05) is 6.61 Å². The van der Waals surface area contributed by atoms with Crippen LogP contribution in [0.15, 0.2) is 48.7 Å². The molecule has 1 aromatic carbocycles. The largest absolute Gasteiger partial charge is 0.491 e. The first-order valence-electron chi connectivity index (χ1n) is 5.62. The van der Waals surface area contributed by atoms with Crippen LogP contribution in [0.3, 0.4) is 0 Å². The number of pyridine rings is 1. The zero-order chi connectivity index (χ0) is 12.8. The minimum absolute atomic E-state index is 0.0504. The molecule has 1 heterocycles. The molecule has 4 heteroatoms. The zero-order valence-corrected chi connectivity index (χ0v) is 9.74. The van der Waals surface area contributed by atoms with Crippen molar-refractivity contribution in [2.24, 2.45) is 0 Å². The molecule has 4 nitrogen and oxygen atoms in total. The van der Waals surface area contributed by atoms with Crippen molar-refractivity contribution in [1.82, 2.24) is 4.98 Å². The van der Waals surface area contributed by atoms with Crippen molar-refractivity contribution in [3.8, 4) is 5.75 Å². The van der Waals surface area contributed by atoms with Crippen LogP contribution in [0.1, 0.15) is 16.1 Å². The Morgan fingerprint density at radius 3 is 2.67 bits per heavy atom. The van der Waals surface area contributed by atoms with Crippen LogP contribution in [0.4, 0.5) is 0 Å². The first kappa shape index (κ1) is 12.1. The summed E-state index contributed by atoms with van der Waals surface area (Å²) in [4.78, 5) is 14.7. The number of carboxylic acids is 1. The molecule has 0 radical (unpaired) electrons. The Labute approximate surface area is 105 Å². The highest BCUT2D eigenvalue weighted by Crippen LogP contribution is 2.15. The van der Waals surface area contributed by atoms with E-state index in [-0.39, 0.29) is 5.69 Å². The summed E-state index contributed by atoms with van der Waals surface area (Å²) in [5.74, 6) is -0.772. The van der Waals surface area contributed by atoms with Crippen molar-refractivity contribution >= 4 is 5.97 Å². The minimum Gasteiger partial charge on any atom is -0.491 e. The number of aromatic nitrogens is 1. The fourth-order valence-electron chi connectivity index (χ4n) is 1.59. The van der Waals surface area contributed by atoms with E-state index < -0.39 is 5.97 Å². The lowest BCUT2D eigenvalue weighted by Crippen LogP contribution is -2.07. The number of carbonyl (C=O) groups is 1. The number of rotatable bonds is 5. The normalized spacial score (nSPS) is 10.0. The molecule has 0 atom stereocenters. The lowest BCUT2D eigenvalue weighted by molar-refractivity contribution is 0.0685. The highest BCUT2D eigenvalue weighted by Gasteiger charge is 2.11. The summed E-state index contributed by atoms with van der Waals surface area (Å²) in [5.41, 5.74) is 1.10. The predicted octanol–water partition coefficient (Wildman–Crippen LogP) is 2.40. The monoisotopic (exact) mass is 243 g/mol. The summed E-state index contributed by atoms with van der Waals surface area (Å²) in [6, 6.07) is 13.2. The van der Waals surface area contributed by atoms with Gasteiger partial charge >= 0.3 is 5.97 Å². The van der Waals surface area contributed by atoms with E-state index in [9.17, 15) is 4.79 Å². The Hall–Kier alpha value is -2.36. The number of benzene rings is 1. The molecule has 92 valence electrons. The smallest absolute Gasteiger partial charge is 0.358 e. The Morgan fingerprint density at radius 1 is 1.17 bits per heavy atom. The van der Waals surface area contributed by atoms with Crippen LogP contribution < -0.4 is 4.74 Å². The van der Waals surface area contributed by atoms with Gasteiger partial charge in [-0.15, -0.1) is 0 Å². The van der Waals surface area contributed by atoms with Crippen molar-refractivity contribution in [3.63, 3.8) is 0 Å². The molecule has 2 aromatic rings. The lowest BCUT2D eigenvalue weighted by atomic mass is 10.2. The van der Waals surface area contributed by atoms with Gasteiger partial charge in [-0.3, -0.25) is 0 Å². The summed E-state index contributed by atoms with van der Waals surface area (Å²) in [6.07, 6.45) is 2.17. The zero-order valence-electron chi connectivity index (χ0n) is 9.74. The van der Waals surface area contributed by atoms with E-state index in [1.54, 1.807) is 12.1 Å². The number of hydrogen-bond acceptors (Lipinski definition) is 3. The molecule has 2 rings (SSSR count). The molecule has 0 spiro atoms. The van der Waals surface area contributed by atoms with Gasteiger partial charge in [0.05, 0.1) is 6.61 Å². The fraction of sp³-hybridized carbons (Fsp3) is 0.143. The number of nitrogens with zero attached hydrogens (tertiary/aromatic N) is 1. The van der Waals surface area contributed by atoms with Crippen molar-refractivity contribution in [2.45, 2.75) is 6.42 Å². The quantitative estimate of drug-likeness (QED) is 0.876. The van der Waals surface area contributed by atoms with E-state index in [2.05, 4.69) is 4.98 Å². The number of carboxylic acid groups (broad SMARTS) is 1. The van der Waals surface area contributed by atoms with E-state index >= 15 is 0 Å². The van der Waals surface area contributed by atoms with E-state index in [1.165, 1.54) is 6.20 Å². The Morgan fingerprint density at radius 2 is 1.94 bits per heavy atom. The first-order valence-corrected chi connectivity index (χ1v) is 5.62. The Bertz CT molecular complexity index is 526. The van der Waals surface area contributed by atoms with Crippen LogP contribution >= 0.6 is 0 Å². The highest BCUT2D eigenvalue weighted by atomic mass is 16.5. The molecule has 0 bridgehead atoms. The van der Waals surface area contributed by atoms with Gasteiger partial charge in [0.15, 0.2) is 11.4 Å². The second-order valence-electron chi connectivity index (χ2n) is 3.74. The van der Waals surface area contributed by atoms with Crippen molar-refractivity contribution in [3.05, 3.63) is 59.9 Å². The number of aromatic carboxylic acids is 1. The topological polar surface area (TPSA) is 59.4 Å². The van der Waals surface area contributed by atoms with Crippen LogP contribution in [0.25, 0.3) is 0 Å². The molecule has 0 unspecified atom stereocenters. The molecule has 1 N–H and O–H groups in total. The summed E-state index contributed by atoms with van der Waals surface area (Å²) in [7, 11) is 0. The molecule has 0 fully saturated rings. The summed E-state index contributed by atoms with van der Waals surface area (Å²) < 4.78 is 5.46. The maximum Gasteiger partial charge on any atom is 0.358 e. The van der Waals surface area contributed by atoms with Gasteiger partial charge in [0.2, 0.25) is 0 Å². The molecule has 0 saturated carbocycles. The summed E-state index contributed by atoms with van der Waals surface area (Å²) in [6.45, 7) is 0.427. The van der Waals surface area contributed by atoms with Gasteiger partial charge in [0.25, 0.3) is 0 Å². The van der Waals surface area contributed by atoms with E-state index in [4.69, 9.17) is 9.84 Å². The average molecular weight is 243 g/mol. The van der Waals surface area contributed by atoms with E-state index in [0.29, 0.717) is 12.4 Å². The molecule has 1 aromatic heterocycles. The van der Waals surface area contributed by atoms with Gasteiger partial charge in [-0.25, -0.2) is 9.78 Å². The second-order valence-corrected chi connectivity index (χ2v) is 3.74. The summed E-state index contributed by atoms with van der Waals surface area (Å²) >= 11 is 0. The van der Waals surface area contributed by atoms with E-state index in [0.717, 1.165) is 12.0 Å². The Balaban J connectivity index is 1.97. The number of ether oxygens (including phenoxy) is 1.